The van der Waals surface area contributed by atoms with Gasteiger partial charge in [0, 0.05) is 18.8 Å². The Morgan fingerprint density at radius 3 is 2.75 bits per heavy atom. The molecule has 0 unspecified atom stereocenters. The minimum atomic E-state index is -0.217. The second kappa shape index (κ2) is 5.00. The van der Waals surface area contributed by atoms with Crippen molar-refractivity contribution in [2.24, 2.45) is 7.05 Å². The van der Waals surface area contributed by atoms with E-state index in [4.69, 9.17) is 0 Å². The van der Waals surface area contributed by atoms with Gasteiger partial charge in [0.2, 0.25) is 0 Å². The molecule has 3 rings (SSSR count). The summed E-state index contributed by atoms with van der Waals surface area (Å²) in [7, 11) is 1.79. The number of nitrogens with one attached hydrogen (secondary N) is 2. The standard InChI is InChI=1S/C14H13N5O/c1-19-9-11(7-16-19)17-14(20)12-8-15-18-13(12)10-5-3-2-4-6-10/h2-9H,1H3,(H,15,18)(H,17,20). The molecule has 0 aliphatic rings. The van der Waals surface area contributed by atoms with E-state index in [0.717, 1.165) is 5.56 Å². The SMILES string of the molecule is Cn1cc(NC(=O)c2cn[nH]c2-c2ccccc2)cn1. The van der Waals surface area contributed by atoms with Crippen molar-refractivity contribution in [1.29, 1.82) is 0 Å². The van der Waals surface area contributed by atoms with E-state index in [1.54, 1.807) is 24.1 Å². The van der Waals surface area contributed by atoms with E-state index in [1.807, 2.05) is 30.3 Å². The third kappa shape index (κ3) is 2.31. The molecule has 0 radical (unpaired) electrons. The zero-order valence-corrected chi connectivity index (χ0v) is 10.9. The van der Waals surface area contributed by atoms with Gasteiger partial charge >= 0.3 is 0 Å². The molecule has 6 nitrogen and oxygen atoms in total. The molecule has 2 heterocycles. The lowest BCUT2D eigenvalue weighted by atomic mass is 10.1. The first-order valence-electron chi connectivity index (χ1n) is 6.13. The van der Waals surface area contributed by atoms with Crippen molar-refractivity contribution in [1.82, 2.24) is 20.0 Å². The molecule has 0 fully saturated rings. The highest BCUT2D eigenvalue weighted by atomic mass is 16.1. The maximum Gasteiger partial charge on any atom is 0.259 e. The molecule has 2 N–H and O–H groups in total. The second-order valence-corrected chi connectivity index (χ2v) is 4.38. The van der Waals surface area contributed by atoms with Crippen LogP contribution in [0.2, 0.25) is 0 Å². The highest BCUT2D eigenvalue weighted by molar-refractivity contribution is 6.07. The van der Waals surface area contributed by atoms with Crippen molar-refractivity contribution in [3.05, 3.63) is 54.5 Å². The molecule has 20 heavy (non-hydrogen) atoms. The van der Waals surface area contributed by atoms with Gasteiger partial charge in [0.05, 0.1) is 29.3 Å². The Morgan fingerprint density at radius 1 is 1.25 bits per heavy atom. The summed E-state index contributed by atoms with van der Waals surface area (Å²) in [6.45, 7) is 0. The van der Waals surface area contributed by atoms with Crippen molar-refractivity contribution in [3.63, 3.8) is 0 Å². The molecule has 0 aliphatic heterocycles. The molecule has 1 amide bonds. The molecular weight excluding hydrogens is 254 g/mol. The minimum absolute atomic E-state index is 0.217. The van der Waals surface area contributed by atoms with Crippen LogP contribution >= 0.6 is 0 Å². The monoisotopic (exact) mass is 267 g/mol. The lowest BCUT2D eigenvalue weighted by molar-refractivity contribution is 0.102. The van der Waals surface area contributed by atoms with E-state index in [9.17, 15) is 4.79 Å². The van der Waals surface area contributed by atoms with Crippen LogP contribution in [0.3, 0.4) is 0 Å². The van der Waals surface area contributed by atoms with Gasteiger partial charge in [-0.15, -0.1) is 0 Å². The summed E-state index contributed by atoms with van der Waals surface area (Å²) >= 11 is 0. The topological polar surface area (TPSA) is 75.6 Å². The lowest BCUT2D eigenvalue weighted by Gasteiger charge is -2.03. The smallest absolute Gasteiger partial charge is 0.259 e. The highest BCUT2D eigenvalue weighted by Crippen LogP contribution is 2.21. The summed E-state index contributed by atoms with van der Waals surface area (Å²) in [6.07, 6.45) is 4.86. The van der Waals surface area contributed by atoms with Crippen LogP contribution in [0.1, 0.15) is 10.4 Å². The molecule has 0 saturated heterocycles. The molecule has 0 bridgehead atoms. The predicted octanol–water partition coefficient (Wildman–Crippen LogP) is 2.06. The van der Waals surface area contributed by atoms with Crippen LogP contribution in [0, 0.1) is 0 Å². The fourth-order valence-corrected chi connectivity index (χ4v) is 1.97. The molecular formula is C14H13N5O. The summed E-state index contributed by atoms with van der Waals surface area (Å²) < 4.78 is 1.63. The number of hydrogen-bond acceptors (Lipinski definition) is 3. The second-order valence-electron chi connectivity index (χ2n) is 4.38. The van der Waals surface area contributed by atoms with Crippen LogP contribution in [0.25, 0.3) is 11.3 Å². The Balaban J connectivity index is 1.88. The zero-order valence-electron chi connectivity index (χ0n) is 10.9. The van der Waals surface area contributed by atoms with E-state index in [2.05, 4.69) is 20.6 Å². The Kier molecular flexibility index (Phi) is 3.04. The first-order chi connectivity index (χ1) is 9.74. The first-order valence-corrected chi connectivity index (χ1v) is 6.13. The van der Waals surface area contributed by atoms with Crippen LogP contribution in [0.4, 0.5) is 5.69 Å². The van der Waals surface area contributed by atoms with Gasteiger partial charge < -0.3 is 5.32 Å². The van der Waals surface area contributed by atoms with E-state index < -0.39 is 0 Å². The lowest BCUT2D eigenvalue weighted by Crippen LogP contribution is -2.11. The number of aromatic nitrogens is 4. The number of amides is 1. The molecule has 1 aromatic carbocycles. The average molecular weight is 267 g/mol. The molecule has 0 atom stereocenters. The zero-order chi connectivity index (χ0) is 13.9. The Bertz CT molecular complexity index is 729. The van der Waals surface area contributed by atoms with Crippen LogP contribution in [-0.4, -0.2) is 25.9 Å². The number of carbonyl (C=O) groups is 1. The number of aryl methyl sites for hydroxylation is 1. The number of hydrogen-bond donors (Lipinski definition) is 2. The van der Waals surface area contributed by atoms with Gasteiger partial charge in [-0.05, 0) is 0 Å². The highest BCUT2D eigenvalue weighted by Gasteiger charge is 2.15. The van der Waals surface area contributed by atoms with Gasteiger partial charge in [0.25, 0.3) is 5.91 Å². The number of anilines is 1. The quantitative estimate of drug-likeness (QED) is 0.762. The largest absolute Gasteiger partial charge is 0.319 e. The van der Waals surface area contributed by atoms with Crippen molar-refractivity contribution >= 4 is 11.6 Å². The Labute approximate surface area is 115 Å². The van der Waals surface area contributed by atoms with E-state index in [1.165, 1.54) is 6.20 Å². The summed E-state index contributed by atoms with van der Waals surface area (Å²) in [5, 5.41) is 13.6. The maximum absolute atomic E-state index is 12.3. The number of carbonyl (C=O) groups excluding carboxylic acids is 1. The summed E-state index contributed by atoms with van der Waals surface area (Å²) in [5.74, 6) is -0.217. The molecule has 0 aliphatic carbocycles. The van der Waals surface area contributed by atoms with Crippen LogP contribution in [0.15, 0.2) is 48.9 Å². The van der Waals surface area contributed by atoms with Gasteiger partial charge in [-0.25, -0.2) is 0 Å². The average Bonchev–Trinajstić information content (AvgIpc) is 3.09. The molecule has 6 heteroatoms. The summed E-state index contributed by atoms with van der Waals surface area (Å²) in [5.41, 5.74) is 2.77. The number of H-pyrrole nitrogens is 1. The Morgan fingerprint density at radius 2 is 2.05 bits per heavy atom. The molecule has 0 saturated carbocycles. The third-order valence-electron chi connectivity index (χ3n) is 2.91. The third-order valence-corrected chi connectivity index (χ3v) is 2.91. The molecule has 3 aromatic rings. The van der Waals surface area contributed by atoms with Gasteiger partial charge in [0.15, 0.2) is 0 Å². The minimum Gasteiger partial charge on any atom is -0.319 e. The van der Waals surface area contributed by atoms with Crippen LogP contribution in [0.5, 0.6) is 0 Å². The summed E-state index contributed by atoms with van der Waals surface area (Å²) in [6, 6.07) is 9.61. The molecule has 100 valence electrons. The molecule has 2 aromatic heterocycles. The van der Waals surface area contributed by atoms with Crippen LogP contribution in [-0.2, 0) is 7.05 Å². The number of aromatic amines is 1. The normalized spacial score (nSPS) is 10.4. The van der Waals surface area contributed by atoms with Crippen molar-refractivity contribution in [2.45, 2.75) is 0 Å². The van der Waals surface area contributed by atoms with E-state index >= 15 is 0 Å². The van der Waals surface area contributed by atoms with Crippen LogP contribution < -0.4 is 5.32 Å². The predicted molar refractivity (Wildman–Crippen MR) is 75.2 cm³/mol. The number of rotatable bonds is 3. The van der Waals surface area contributed by atoms with Crippen molar-refractivity contribution in [2.75, 3.05) is 5.32 Å². The van der Waals surface area contributed by atoms with Gasteiger partial charge in [-0.1, -0.05) is 30.3 Å². The fraction of sp³-hybridized carbons (Fsp3) is 0.0714. The van der Waals surface area contributed by atoms with Gasteiger partial charge in [-0.2, -0.15) is 10.2 Å². The van der Waals surface area contributed by atoms with E-state index in [0.29, 0.717) is 16.9 Å². The summed E-state index contributed by atoms with van der Waals surface area (Å²) in [4.78, 5) is 12.3. The number of benzene rings is 1. The van der Waals surface area contributed by atoms with Gasteiger partial charge in [-0.3, -0.25) is 14.6 Å². The van der Waals surface area contributed by atoms with Crippen molar-refractivity contribution < 1.29 is 4.79 Å². The molecule has 0 spiro atoms. The van der Waals surface area contributed by atoms with Crippen molar-refractivity contribution in [3.8, 4) is 11.3 Å². The fourth-order valence-electron chi connectivity index (χ4n) is 1.97. The number of nitrogens with zero attached hydrogens (tertiary/aromatic N) is 3. The maximum atomic E-state index is 12.3. The Hall–Kier alpha value is -2.89. The first kappa shape index (κ1) is 12.2. The van der Waals surface area contributed by atoms with E-state index in [-0.39, 0.29) is 5.91 Å². The van der Waals surface area contributed by atoms with Gasteiger partial charge in [0.1, 0.15) is 0 Å².